The van der Waals surface area contributed by atoms with Gasteiger partial charge in [-0.3, -0.25) is 14.4 Å². The number of hydrogen-bond acceptors (Lipinski definition) is 4. The first-order chi connectivity index (χ1) is 8.11. The van der Waals surface area contributed by atoms with Gasteiger partial charge in [0.2, 0.25) is 0 Å². The fourth-order valence-corrected chi connectivity index (χ4v) is 1.18. The zero-order valence-corrected chi connectivity index (χ0v) is 9.09. The van der Waals surface area contributed by atoms with E-state index in [-0.39, 0.29) is 19.3 Å². The predicted octanol–water partition coefficient (Wildman–Crippen LogP) is 1.66. The van der Waals surface area contributed by atoms with Crippen LogP contribution in [0.5, 0.6) is 5.75 Å². The number of esters is 1. The molecule has 0 aliphatic heterocycles. The fraction of sp³-hybridized carbons (Fsp3) is 0.250. The van der Waals surface area contributed by atoms with Gasteiger partial charge in [-0.1, -0.05) is 0 Å². The number of ether oxygens (including phenoxy) is 1. The van der Waals surface area contributed by atoms with Crippen molar-refractivity contribution in [3.05, 3.63) is 29.8 Å². The lowest BCUT2D eigenvalue weighted by molar-refractivity contribution is -0.137. The van der Waals surface area contributed by atoms with Crippen LogP contribution in [0.15, 0.2) is 24.3 Å². The van der Waals surface area contributed by atoms with Crippen molar-refractivity contribution in [2.45, 2.75) is 19.3 Å². The summed E-state index contributed by atoms with van der Waals surface area (Å²) in [7, 11) is 0. The Morgan fingerprint density at radius 3 is 2.35 bits per heavy atom. The molecule has 0 saturated carbocycles. The molecule has 5 heteroatoms. The van der Waals surface area contributed by atoms with E-state index in [0.29, 0.717) is 17.6 Å². The standard InChI is InChI=1S/C12H12O5/c13-8-9-4-6-10(7-5-9)17-12(16)3-1-2-11(14)15/h4-8H,1-3H2,(H,14,15). The minimum absolute atomic E-state index is 0.0564. The SMILES string of the molecule is O=Cc1ccc(OC(=O)CCCC(=O)O)cc1. The van der Waals surface area contributed by atoms with E-state index >= 15 is 0 Å². The number of carboxylic acid groups (broad SMARTS) is 1. The molecular formula is C12H12O5. The Labute approximate surface area is 98.0 Å². The summed E-state index contributed by atoms with van der Waals surface area (Å²) in [5, 5.41) is 8.39. The topological polar surface area (TPSA) is 80.7 Å². The van der Waals surface area contributed by atoms with Crippen molar-refractivity contribution in [3.63, 3.8) is 0 Å². The minimum atomic E-state index is -0.937. The summed E-state index contributed by atoms with van der Waals surface area (Å²) >= 11 is 0. The number of carboxylic acids is 1. The first-order valence-corrected chi connectivity index (χ1v) is 5.09. The predicted molar refractivity (Wildman–Crippen MR) is 59.0 cm³/mol. The summed E-state index contributed by atoms with van der Waals surface area (Å²) in [6.07, 6.45) is 0.944. The molecule has 17 heavy (non-hydrogen) atoms. The van der Waals surface area contributed by atoms with Gasteiger partial charge in [0.25, 0.3) is 0 Å². The lowest BCUT2D eigenvalue weighted by Crippen LogP contribution is -2.08. The van der Waals surface area contributed by atoms with Crippen LogP contribution in [0.1, 0.15) is 29.6 Å². The molecule has 0 spiro atoms. The van der Waals surface area contributed by atoms with Crippen LogP contribution in [-0.4, -0.2) is 23.3 Å². The maximum absolute atomic E-state index is 11.3. The van der Waals surface area contributed by atoms with E-state index in [0.717, 1.165) is 0 Å². The van der Waals surface area contributed by atoms with E-state index in [1.165, 1.54) is 24.3 Å². The molecule has 1 aromatic rings. The Hall–Kier alpha value is -2.17. The molecule has 90 valence electrons. The summed E-state index contributed by atoms with van der Waals surface area (Å²) in [5.74, 6) is -1.07. The molecule has 0 atom stereocenters. The minimum Gasteiger partial charge on any atom is -0.481 e. The maximum atomic E-state index is 11.3. The van der Waals surface area contributed by atoms with Crippen LogP contribution in [0.2, 0.25) is 0 Å². The highest BCUT2D eigenvalue weighted by molar-refractivity contribution is 5.76. The fourth-order valence-electron chi connectivity index (χ4n) is 1.18. The van der Waals surface area contributed by atoms with Crippen molar-refractivity contribution in [2.24, 2.45) is 0 Å². The number of aliphatic carboxylic acids is 1. The molecular weight excluding hydrogens is 224 g/mol. The molecule has 1 N–H and O–H groups in total. The van der Waals surface area contributed by atoms with Gasteiger partial charge in [0.15, 0.2) is 0 Å². The van der Waals surface area contributed by atoms with Crippen molar-refractivity contribution in [1.82, 2.24) is 0 Å². The summed E-state index contributed by atoms with van der Waals surface area (Å²) < 4.78 is 4.95. The average Bonchev–Trinajstić information content (AvgIpc) is 2.29. The van der Waals surface area contributed by atoms with Gasteiger partial charge in [0.1, 0.15) is 12.0 Å². The lowest BCUT2D eigenvalue weighted by Gasteiger charge is -2.03. The van der Waals surface area contributed by atoms with Crippen molar-refractivity contribution in [1.29, 1.82) is 0 Å². The third-order valence-electron chi connectivity index (χ3n) is 2.02. The smallest absolute Gasteiger partial charge is 0.311 e. The van der Waals surface area contributed by atoms with Gasteiger partial charge in [-0.2, -0.15) is 0 Å². The van der Waals surface area contributed by atoms with Gasteiger partial charge in [-0.05, 0) is 30.7 Å². The molecule has 0 heterocycles. The van der Waals surface area contributed by atoms with Crippen LogP contribution in [0.4, 0.5) is 0 Å². The summed E-state index contributed by atoms with van der Waals surface area (Å²) in [6, 6.07) is 6.09. The number of carbonyl (C=O) groups excluding carboxylic acids is 2. The highest BCUT2D eigenvalue weighted by atomic mass is 16.5. The molecule has 1 rings (SSSR count). The third-order valence-corrected chi connectivity index (χ3v) is 2.02. The Bertz CT molecular complexity index is 407. The molecule has 0 unspecified atom stereocenters. The first kappa shape index (κ1) is 12.9. The highest BCUT2D eigenvalue weighted by Crippen LogP contribution is 2.12. The van der Waals surface area contributed by atoms with Crippen LogP contribution in [0.3, 0.4) is 0 Å². The summed E-state index contributed by atoms with van der Waals surface area (Å²) in [4.78, 5) is 31.9. The monoisotopic (exact) mass is 236 g/mol. The Kier molecular flexibility index (Phi) is 4.87. The van der Waals surface area contributed by atoms with Crippen LogP contribution < -0.4 is 4.74 Å². The number of carbonyl (C=O) groups is 3. The average molecular weight is 236 g/mol. The lowest BCUT2D eigenvalue weighted by atomic mass is 10.2. The third kappa shape index (κ3) is 4.92. The molecule has 0 saturated heterocycles. The molecule has 0 aliphatic carbocycles. The summed E-state index contributed by atoms with van der Waals surface area (Å²) in [6.45, 7) is 0. The van der Waals surface area contributed by atoms with Crippen molar-refractivity contribution in [3.8, 4) is 5.75 Å². The molecule has 0 radical (unpaired) electrons. The van der Waals surface area contributed by atoms with Crippen LogP contribution in [0.25, 0.3) is 0 Å². The Morgan fingerprint density at radius 1 is 1.18 bits per heavy atom. The van der Waals surface area contributed by atoms with E-state index < -0.39 is 11.9 Å². The van der Waals surface area contributed by atoms with E-state index in [4.69, 9.17) is 9.84 Å². The van der Waals surface area contributed by atoms with E-state index in [9.17, 15) is 14.4 Å². The van der Waals surface area contributed by atoms with Gasteiger partial charge >= 0.3 is 11.9 Å². The van der Waals surface area contributed by atoms with Crippen molar-refractivity contribution >= 4 is 18.2 Å². The van der Waals surface area contributed by atoms with Gasteiger partial charge in [-0.25, -0.2) is 0 Å². The quantitative estimate of drug-likeness (QED) is 0.461. The van der Waals surface area contributed by atoms with Gasteiger partial charge in [-0.15, -0.1) is 0 Å². The molecule has 0 bridgehead atoms. The van der Waals surface area contributed by atoms with Crippen molar-refractivity contribution in [2.75, 3.05) is 0 Å². The normalized spacial score (nSPS) is 9.65. The van der Waals surface area contributed by atoms with E-state index in [1.807, 2.05) is 0 Å². The molecule has 1 aromatic carbocycles. The second kappa shape index (κ2) is 6.42. The maximum Gasteiger partial charge on any atom is 0.311 e. The van der Waals surface area contributed by atoms with Crippen molar-refractivity contribution < 1.29 is 24.2 Å². The van der Waals surface area contributed by atoms with Crippen LogP contribution in [-0.2, 0) is 9.59 Å². The molecule has 0 aromatic heterocycles. The van der Waals surface area contributed by atoms with E-state index in [2.05, 4.69) is 0 Å². The highest BCUT2D eigenvalue weighted by Gasteiger charge is 2.06. The Morgan fingerprint density at radius 2 is 1.82 bits per heavy atom. The number of benzene rings is 1. The second-order valence-electron chi connectivity index (χ2n) is 3.41. The zero-order chi connectivity index (χ0) is 12.7. The second-order valence-corrected chi connectivity index (χ2v) is 3.41. The number of aldehydes is 1. The molecule has 0 amide bonds. The molecule has 0 fully saturated rings. The van der Waals surface area contributed by atoms with Crippen LogP contribution >= 0.6 is 0 Å². The van der Waals surface area contributed by atoms with Gasteiger partial charge in [0, 0.05) is 18.4 Å². The summed E-state index contributed by atoms with van der Waals surface area (Å²) in [5.41, 5.74) is 0.496. The molecule has 0 aliphatic rings. The zero-order valence-electron chi connectivity index (χ0n) is 9.09. The first-order valence-electron chi connectivity index (χ1n) is 5.09. The van der Waals surface area contributed by atoms with E-state index in [1.54, 1.807) is 0 Å². The molecule has 5 nitrogen and oxygen atoms in total. The number of hydrogen-bond donors (Lipinski definition) is 1. The largest absolute Gasteiger partial charge is 0.481 e. The number of rotatable bonds is 6. The van der Waals surface area contributed by atoms with Crippen LogP contribution in [0, 0.1) is 0 Å². The van der Waals surface area contributed by atoms with Gasteiger partial charge in [0.05, 0.1) is 0 Å². The Balaban J connectivity index is 2.39. The van der Waals surface area contributed by atoms with Gasteiger partial charge < -0.3 is 9.84 Å².